The van der Waals surface area contributed by atoms with Gasteiger partial charge in [-0.25, -0.2) is 19.8 Å². The van der Waals surface area contributed by atoms with Crippen LogP contribution in [0.4, 0.5) is 23.8 Å². The topological polar surface area (TPSA) is 131 Å². The van der Waals surface area contributed by atoms with Crippen LogP contribution in [0.3, 0.4) is 0 Å². The number of carbonyl (C=O) groups excluding carboxylic acids is 1. The number of nitrogens with zero attached hydrogens (tertiary/aromatic N) is 6. The zero-order valence-corrected chi connectivity index (χ0v) is 24.0. The normalized spacial score (nSPS) is 17.6. The summed E-state index contributed by atoms with van der Waals surface area (Å²) in [4.78, 5) is 27.5. The molecule has 0 bridgehead atoms. The van der Waals surface area contributed by atoms with Gasteiger partial charge in [0.25, 0.3) is 0 Å². The molecule has 2 amide bonds. The molecular weight excluding hydrogens is 573 g/mol. The van der Waals surface area contributed by atoms with Gasteiger partial charge in [-0.1, -0.05) is 6.92 Å². The Bertz CT molecular complexity index is 1460. The highest BCUT2D eigenvalue weighted by atomic mass is 32.1. The Kier molecular flexibility index (Phi) is 9.16. The predicted molar refractivity (Wildman–Crippen MR) is 151 cm³/mol. The van der Waals surface area contributed by atoms with Gasteiger partial charge in [-0.05, 0) is 44.8 Å². The highest BCUT2D eigenvalue weighted by molar-refractivity contribution is 7.13. The summed E-state index contributed by atoms with van der Waals surface area (Å²) in [6.45, 7) is 7.19. The Hall–Kier alpha value is -3.85. The first-order chi connectivity index (χ1) is 20.2. The molecule has 1 atom stereocenters. The van der Waals surface area contributed by atoms with Crippen LogP contribution >= 0.6 is 11.3 Å². The number of pyridine rings is 1. The molecule has 3 aromatic heterocycles. The summed E-state index contributed by atoms with van der Waals surface area (Å²) >= 11 is 0.849. The second-order valence-electron chi connectivity index (χ2n) is 9.96. The Morgan fingerprint density at radius 2 is 2.05 bits per heavy atom. The van der Waals surface area contributed by atoms with Crippen molar-refractivity contribution in [1.29, 1.82) is 0 Å². The van der Waals surface area contributed by atoms with Crippen LogP contribution in [0.25, 0.3) is 16.1 Å². The number of hydrogen-bond acceptors (Lipinski definition) is 10. The lowest BCUT2D eigenvalue weighted by Crippen LogP contribution is -2.29. The first-order valence-corrected chi connectivity index (χ1v) is 14.6. The van der Waals surface area contributed by atoms with Crippen molar-refractivity contribution in [1.82, 2.24) is 30.4 Å². The van der Waals surface area contributed by atoms with Crippen LogP contribution in [-0.4, -0.2) is 70.1 Å². The Morgan fingerprint density at radius 1 is 1.24 bits per heavy atom. The van der Waals surface area contributed by atoms with E-state index in [0.717, 1.165) is 55.6 Å². The van der Waals surface area contributed by atoms with Gasteiger partial charge in [0.2, 0.25) is 17.7 Å². The van der Waals surface area contributed by atoms with Crippen LogP contribution in [-0.2, 0) is 10.9 Å². The number of alkyl halides is 3. The number of aryl methyl sites for hydroxylation is 1. The summed E-state index contributed by atoms with van der Waals surface area (Å²) in [5.41, 5.74) is 0.432. The van der Waals surface area contributed by atoms with Gasteiger partial charge in [0.05, 0.1) is 5.92 Å². The fraction of sp³-hybridized carbons (Fsp3) is 0.481. The van der Waals surface area contributed by atoms with Gasteiger partial charge in [0.1, 0.15) is 17.4 Å². The predicted octanol–water partition coefficient (Wildman–Crippen LogP) is 5.49. The molecule has 3 aromatic rings. The molecular formula is C27H31F3N8O3S. The van der Waals surface area contributed by atoms with Gasteiger partial charge in [0.15, 0.2) is 5.69 Å². The number of carbonyl (C=O) groups is 1. The van der Waals surface area contributed by atoms with Crippen molar-refractivity contribution in [2.75, 3.05) is 38.1 Å². The molecule has 1 fully saturated rings. The molecule has 0 radical (unpaired) electrons. The second kappa shape index (κ2) is 13.0. The third kappa shape index (κ3) is 7.13. The number of urea groups is 1. The van der Waals surface area contributed by atoms with Crippen molar-refractivity contribution in [3.63, 3.8) is 0 Å². The van der Waals surface area contributed by atoms with Gasteiger partial charge in [-0.15, -0.1) is 21.5 Å². The van der Waals surface area contributed by atoms with Crippen LogP contribution in [0, 0.1) is 6.92 Å². The fourth-order valence-corrected chi connectivity index (χ4v) is 5.56. The highest BCUT2D eigenvalue weighted by Crippen LogP contribution is 2.41. The van der Waals surface area contributed by atoms with Crippen molar-refractivity contribution in [3.8, 4) is 10.6 Å². The molecule has 2 N–H and O–H groups in total. The van der Waals surface area contributed by atoms with Gasteiger partial charge >= 0.3 is 12.2 Å². The van der Waals surface area contributed by atoms with E-state index in [2.05, 4.69) is 40.7 Å². The smallest absolute Gasteiger partial charge is 0.434 e. The number of anilines is 1. The molecule has 11 nitrogen and oxygen atoms in total. The summed E-state index contributed by atoms with van der Waals surface area (Å²) in [6.07, 6.45) is 1.92. The van der Waals surface area contributed by atoms with Crippen LogP contribution < -0.4 is 10.6 Å². The molecule has 15 heteroatoms. The van der Waals surface area contributed by atoms with Crippen LogP contribution in [0.15, 0.2) is 32.9 Å². The average molecular weight is 605 g/mol. The van der Waals surface area contributed by atoms with Gasteiger partial charge in [0, 0.05) is 54.5 Å². The summed E-state index contributed by atoms with van der Waals surface area (Å²) < 4.78 is 52.3. The van der Waals surface area contributed by atoms with Crippen LogP contribution in [0.1, 0.15) is 61.6 Å². The van der Waals surface area contributed by atoms with E-state index in [-0.39, 0.29) is 16.7 Å². The fourth-order valence-electron chi connectivity index (χ4n) is 4.70. The number of aliphatic imine (C=N–C) groups is 1. The number of likely N-dealkylation sites (tertiary alicyclic amines) is 1. The maximum absolute atomic E-state index is 13.5. The van der Waals surface area contributed by atoms with Crippen LogP contribution in [0.5, 0.6) is 0 Å². The van der Waals surface area contributed by atoms with Gasteiger partial charge in [-0.2, -0.15) is 13.2 Å². The van der Waals surface area contributed by atoms with E-state index < -0.39 is 17.9 Å². The highest BCUT2D eigenvalue weighted by Gasteiger charge is 2.35. The molecule has 5 rings (SSSR count). The summed E-state index contributed by atoms with van der Waals surface area (Å²) in [5, 5.41) is 14.5. The van der Waals surface area contributed by atoms with Crippen molar-refractivity contribution in [2.45, 2.75) is 51.6 Å². The molecule has 5 heterocycles. The number of hydrogen-bond donors (Lipinski definition) is 2. The van der Waals surface area contributed by atoms with Crippen LogP contribution in [0.2, 0.25) is 0 Å². The van der Waals surface area contributed by atoms with E-state index in [1.807, 2.05) is 6.92 Å². The summed E-state index contributed by atoms with van der Waals surface area (Å²) in [6, 6.07) is 1.04. The molecule has 1 saturated heterocycles. The number of amides is 2. The van der Waals surface area contributed by atoms with Crippen molar-refractivity contribution in [2.24, 2.45) is 4.99 Å². The van der Waals surface area contributed by atoms with Gasteiger partial charge in [-0.3, -0.25) is 10.2 Å². The third-order valence-electron chi connectivity index (χ3n) is 6.79. The van der Waals surface area contributed by atoms with Gasteiger partial charge < -0.3 is 14.5 Å². The molecule has 2 aliphatic rings. The lowest BCUT2D eigenvalue weighted by Gasteiger charge is -2.23. The lowest BCUT2D eigenvalue weighted by atomic mass is 9.91. The van der Waals surface area contributed by atoms with E-state index in [0.29, 0.717) is 53.9 Å². The lowest BCUT2D eigenvalue weighted by molar-refractivity contribution is -0.140. The minimum absolute atomic E-state index is 0.111. The summed E-state index contributed by atoms with van der Waals surface area (Å²) in [7, 11) is 0. The minimum Gasteiger partial charge on any atom is -0.476 e. The number of aromatic nitrogens is 4. The van der Waals surface area contributed by atoms with E-state index in [9.17, 15) is 18.0 Å². The van der Waals surface area contributed by atoms with Crippen molar-refractivity contribution >= 4 is 35.0 Å². The molecule has 2 aliphatic heterocycles. The maximum Gasteiger partial charge on any atom is 0.434 e. The number of ether oxygens (including phenoxy) is 1. The number of rotatable bonds is 10. The van der Waals surface area contributed by atoms with Crippen molar-refractivity contribution < 1.29 is 27.1 Å². The third-order valence-corrected chi connectivity index (χ3v) is 7.66. The SMILES string of the molecule is CCCNC(=O)Nc1cc(-c2nc(C(F)(F)F)cs2)c(C2=C(OCCN3CCCC3)N=CC(c3nnc(C)o3)C2)cn1. The summed E-state index contributed by atoms with van der Waals surface area (Å²) in [5.74, 6) is 0.863. The van der Waals surface area contributed by atoms with E-state index in [4.69, 9.17) is 9.15 Å². The minimum atomic E-state index is -4.61. The van der Waals surface area contributed by atoms with E-state index in [1.54, 1.807) is 13.1 Å². The van der Waals surface area contributed by atoms with Crippen molar-refractivity contribution in [3.05, 3.63) is 46.6 Å². The average Bonchev–Trinajstić information content (AvgIpc) is 3.74. The largest absolute Gasteiger partial charge is 0.476 e. The molecule has 0 aliphatic carbocycles. The first-order valence-electron chi connectivity index (χ1n) is 13.7. The first kappa shape index (κ1) is 29.6. The van der Waals surface area contributed by atoms with E-state index in [1.165, 1.54) is 12.3 Å². The molecule has 1 unspecified atom stereocenters. The molecule has 42 heavy (non-hydrogen) atoms. The number of thiazole rings is 1. The zero-order chi connectivity index (χ0) is 29.7. The molecule has 0 spiro atoms. The Labute approximate surface area is 244 Å². The molecule has 0 aromatic carbocycles. The Balaban J connectivity index is 1.53. The standard InChI is InChI=1S/C27H31F3N8O3S/c1-3-6-31-26(39)35-22-12-19(25-34-21(15-42-25)27(28,29)30)20(14-32-22)18-11-17(23-37-36-16(2)41-23)13-33-24(18)40-10-9-38-7-4-5-8-38/h12-15,17H,3-11H2,1-2H3,(H2,31,32,35,39). The Morgan fingerprint density at radius 3 is 2.74 bits per heavy atom. The number of nitrogens with one attached hydrogen (secondary N) is 2. The van der Waals surface area contributed by atoms with E-state index >= 15 is 0 Å². The molecule has 0 saturated carbocycles. The quantitative estimate of drug-likeness (QED) is 0.311. The number of allylic oxidation sites excluding steroid dienone is 1. The number of halogens is 3. The monoisotopic (exact) mass is 604 g/mol. The second-order valence-corrected chi connectivity index (χ2v) is 10.8. The maximum atomic E-state index is 13.5. The zero-order valence-electron chi connectivity index (χ0n) is 23.2. The molecule has 224 valence electrons.